The Morgan fingerprint density at radius 3 is 2.56 bits per heavy atom. The van der Waals surface area contributed by atoms with Crippen molar-refractivity contribution in [3.8, 4) is 5.75 Å². The highest BCUT2D eigenvalue weighted by Crippen LogP contribution is 2.33. The third-order valence-corrected chi connectivity index (χ3v) is 7.52. The molecule has 0 saturated heterocycles. The zero-order valence-electron chi connectivity index (χ0n) is 21.1. The van der Waals surface area contributed by atoms with E-state index in [1.54, 1.807) is 6.08 Å². The summed E-state index contributed by atoms with van der Waals surface area (Å²) in [7, 11) is 0. The number of rotatable bonds is 6. The van der Waals surface area contributed by atoms with Gasteiger partial charge in [0.25, 0.3) is 5.91 Å². The summed E-state index contributed by atoms with van der Waals surface area (Å²) in [5.74, 6) is 0.712. The number of fused-ring (bicyclic) bond motifs is 2. The second-order valence-corrected chi connectivity index (χ2v) is 10.4. The normalized spacial score (nSPS) is 16.7. The van der Waals surface area contributed by atoms with Gasteiger partial charge in [-0.3, -0.25) is 10.2 Å². The van der Waals surface area contributed by atoms with Crippen molar-refractivity contribution in [1.82, 2.24) is 9.58 Å². The first-order valence-corrected chi connectivity index (χ1v) is 12.8. The largest absolute Gasteiger partial charge is 0.492 e. The van der Waals surface area contributed by atoms with Crippen LogP contribution >= 0.6 is 11.8 Å². The lowest BCUT2D eigenvalue weighted by atomic mass is 10.1. The van der Waals surface area contributed by atoms with E-state index in [1.807, 2.05) is 51.1 Å². The standard InChI is InChI=1S/C28H29N5O2S/c1-16(2)27-31-33-25(29)23(26(34)30-28(33)36-27)15-22-19(5)32(24-9-7-6-8-21(22)24)10-11-35-20-13-17(3)12-18(4)14-20/h6-9,12-16,29H,10-11H2,1-5H3. The Bertz CT molecular complexity index is 1470. The number of benzene rings is 2. The second-order valence-electron chi connectivity index (χ2n) is 9.45. The fourth-order valence-electron chi connectivity index (χ4n) is 4.58. The van der Waals surface area contributed by atoms with Gasteiger partial charge >= 0.3 is 0 Å². The van der Waals surface area contributed by atoms with Gasteiger partial charge in [0.15, 0.2) is 5.84 Å². The summed E-state index contributed by atoms with van der Waals surface area (Å²) in [6, 6.07) is 14.3. The minimum absolute atomic E-state index is 0.0579. The highest BCUT2D eigenvalue weighted by molar-refractivity contribution is 8.27. The predicted molar refractivity (Wildman–Crippen MR) is 148 cm³/mol. The molecule has 0 unspecified atom stereocenters. The lowest BCUT2D eigenvalue weighted by Crippen LogP contribution is -2.35. The molecule has 0 aliphatic carbocycles. The van der Waals surface area contributed by atoms with Crippen LogP contribution in [0.2, 0.25) is 0 Å². The van der Waals surface area contributed by atoms with Gasteiger partial charge in [0.05, 0.1) is 12.1 Å². The van der Waals surface area contributed by atoms with E-state index in [0.29, 0.717) is 18.3 Å². The van der Waals surface area contributed by atoms with Crippen LogP contribution in [-0.2, 0) is 11.3 Å². The number of amides is 1. The first-order chi connectivity index (χ1) is 17.2. The van der Waals surface area contributed by atoms with E-state index in [1.165, 1.54) is 27.9 Å². The maximum absolute atomic E-state index is 13.0. The molecule has 3 heterocycles. The van der Waals surface area contributed by atoms with E-state index in [0.717, 1.165) is 33.0 Å². The Morgan fingerprint density at radius 2 is 1.83 bits per heavy atom. The van der Waals surface area contributed by atoms with Crippen LogP contribution in [0.25, 0.3) is 17.0 Å². The van der Waals surface area contributed by atoms with Crippen molar-refractivity contribution in [2.45, 2.75) is 41.2 Å². The first-order valence-electron chi connectivity index (χ1n) is 12.0. The summed E-state index contributed by atoms with van der Waals surface area (Å²) in [6.07, 6.45) is 1.79. The fraction of sp³-hybridized carbons (Fsp3) is 0.286. The molecule has 0 atom stereocenters. The van der Waals surface area contributed by atoms with Gasteiger partial charge in [0, 0.05) is 28.1 Å². The zero-order chi connectivity index (χ0) is 25.6. The van der Waals surface area contributed by atoms with E-state index in [2.05, 4.69) is 40.6 Å². The van der Waals surface area contributed by atoms with Gasteiger partial charge in [-0.15, -0.1) is 0 Å². The molecule has 0 bridgehead atoms. The molecule has 5 rings (SSSR count). The number of nitrogens with one attached hydrogen (secondary N) is 1. The number of hydrogen-bond donors (Lipinski definition) is 1. The number of para-hydroxylation sites is 1. The van der Waals surface area contributed by atoms with Gasteiger partial charge < -0.3 is 9.30 Å². The van der Waals surface area contributed by atoms with Crippen molar-refractivity contribution in [3.05, 3.63) is 70.4 Å². The number of hydrogen-bond acceptors (Lipinski definition) is 5. The van der Waals surface area contributed by atoms with Gasteiger partial charge in [-0.25, -0.2) is 0 Å². The van der Waals surface area contributed by atoms with Crippen LogP contribution in [0.4, 0.5) is 0 Å². The third kappa shape index (κ3) is 4.37. The number of carbonyl (C=O) groups is 1. The third-order valence-electron chi connectivity index (χ3n) is 6.31. The van der Waals surface area contributed by atoms with E-state index in [9.17, 15) is 4.79 Å². The molecule has 0 radical (unpaired) electrons. The molecule has 0 spiro atoms. The topological polar surface area (TPSA) is 83.0 Å². The summed E-state index contributed by atoms with van der Waals surface area (Å²) in [4.78, 5) is 17.2. The number of ether oxygens (including phenoxy) is 1. The molecule has 0 fully saturated rings. The maximum atomic E-state index is 13.0. The van der Waals surface area contributed by atoms with Crippen molar-refractivity contribution in [1.29, 1.82) is 5.41 Å². The smallest absolute Gasteiger partial charge is 0.283 e. The molecule has 2 aromatic carbocycles. The Labute approximate surface area is 215 Å². The highest BCUT2D eigenvalue weighted by Gasteiger charge is 2.36. The van der Waals surface area contributed by atoms with Crippen molar-refractivity contribution in [2.75, 3.05) is 6.61 Å². The van der Waals surface area contributed by atoms with Crippen LogP contribution in [0, 0.1) is 32.1 Å². The molecule has 2 aliphatic heterocycles. The van der Waals surface area contributed by atoms with Gasteiger partial charge in [0.2, 0.25) is 5.17 Å². The molecule has 0 saturated carbocycles. The first kappa shape index (κ1) is 24.1. The summed E-state index contributed by atoms with van der Waals surface area (Å²) < 4.78 is 8.28. The summed E-state index contributed by atoms with van der Waals surface area (Å²) >= 11 is 1.36. The number of amidine groups is 2. The SMILES string of the molecule is Cc1cc(C)cc(OCCn2c(C)c(C=C3C(=N)N4N=C(C(C)C)SC4=NC3=O)c3ccccc32)c1. The van der Waals surface area contributed by atoms with Crippen LogP contribution in [0.15, 0.2) is 58.1 Å². The molecular weight excluding hydrogens is 470 g/mol. The predicted octanol–water partition coefficient (Wildman–Crippen LogP) is 5.92. The Hall–Kier alpha value is -3.65. The monoisotopic (exact) mass is 499 g/mol. The van der Waals surface area contributed by atoms with Crippen LogP contribution in [0.3, 0.4) is 0 Å². The number of aliphatic imine (C=N–C) groups is 1. The maximum Gasteiger partial charge on any atom is 0.283 e. The molecule has 36 heavy (non-hydrogen) atoms. The van der Waals surface area contributed by atoms with E-state index in [-0.39, 0.29) is 17.3 Å². The Morgan fingerprint density at radius 1 is 1.11 bits per heavy atom. The van der Waals surface area contributed by atoms with Crippen LogP contribution < -0.4 is 4.74 Å². The lowest BCUT2D eigenvalue weighted by Gasteiger charge is -2.20. The average molecular weight is 500 g/mol. The quantitative estimate of drug-likeness (QED) is 0.427. The van der Waals surface area contributed by atoms with Crippen LogP contribution in [-0.4, -0.2) is 38.1 Å². The van der Waals surface area contributed by atoms with Gasteiger partial charge in [-0.05, 0) is 67.9 Å². The van der Waals surface area contributed by atoms with Crippen molar-refractivity contribution in [2.24, 2.45) is 16.0 Å². The van der Waals surface area contributed by atoms with Crippen LogP contribution in [0.1, 0.15) is 36.2 Å². The van der Waals surface area contributed by atoms with Crippen molar-refractivity contribution < 1.29 is 9.53 Å². The molecule has 2 aliphatic rings. The lowest BCUT2D eigenvalue weighted by molar-refractivity contribution is -0.114. The Kier molecular flexibility index (Phi) is 6.30. The number of aryl methyl sites for hydroxylation is 2. The second kappa shape index (κ2) is 9.43. The van der Waals surface area contributed by atoms with Gasteiger partial charge in [0.1, 0.15) is 17.4 Å². The van der Waals surface area contributed by atoms with E-state index in [4.69, 9.17) is 10.1 Å². The highest BCUT2D eigenvalue weighted by atomic mass is 32.2. The average Bonchev–Trinajstić information content (AvgIpc) is 3.36. The summed E-state index contributed by atoms with van der Waals surface area (Å²) in [5, 5.41) is 17.0. The molecule has 8 heteroatoms. The van der Waals surface area contributed by atoms with E-state index >= 15 is 0 Å². The molecule has 1 aromatic heterocycles. The van der Waals surface area contributed by atoms with Crippen LogP contribution in [0.5, 0.6) is 5.75 Å². The molecule has 7 nitrogen and oxygen atoms in total. The van der Waals surface area contributed by atoms with Gasteiger partial charge in [-0.2, -0.15) is 15.1 Å². The minimum Gasteiger partial charge on any atom is -0.492 e. The Balaban J connectivity index is 1.47. The number of aromatic nitrogens is 1. The number of nitrogens with zero attached hydrogens (tertiary/aromatic N) is 4. The molecular formula is C28H29N5O2S. The van der Waals surface area contributed by atoms with Gasteiger partial charge in [-0.1, -0.05) is 38.1 Å². The molecule has 1 amide bonds. The summed E-state index contributed by atoms with van der Waals surface area (Å²) in [5.41, 5.74) is 5.56. The number of carbonyl (C=O) groups excluding carboxylic acids is 1. The molecule has 3 aromatic rings. The fourth-order valence-corrected chi connectivity index (χ4v) is 5.48. The summed E-state index contributed by atoms with van der Waals surface area (Å²) in [6.45, 7) is 11.4. The zero-order valence-corrected chi connectivity index (χ0v) is 21.9. The van der Waals surface area contributed by atoms with E-state index < -0.39 is 5.91 Å². The van der Waals surface area contributed by atoms with Crippen molar-refractivity contribution >= 4 is 50.7 Å². The number of thioether (sulfide) groups is 1. The number of hydrazone groups is 1. The minimum atomic E-state index is -0.409. The molecule has 1 N–H and O–H groups in total. The molecule has 184 valence electrons. The van der Waals surface area contributed by atoms with Crippen molar-refractivity contribution in [3.63, 3.8) is 0 Å².